The zero-order valence-electron chi connectivity index (χ0n) is 12.6. The van der Waals surface area contributed by atoms with Gasteiger partial charge < -0.3 is 20.1 Å². The standard InChI is InChI=1S/C13H23N3O4S/c1-16(8-9-19-2)7-6-15-21(17,18)11-4-5-12(14)13(10-11)20-3/h4-5,10,15H,6-9,14H2,1-3H3. The van der Waals surface area contributed by atoms with Crippen molar-refractivity contribution in [3.63, 3.8) is 0 Å². The summed E-state index contributed by atoms with van der Waals surface area (Å²) in [5, 5.41) is 0. The Balaban J connectivity index is 2.61. The fraction of sp³-hybridized carbons (Fsp3) is 0.538. The first-order chi connectivity index (χ1) is 9.90. The molecule has 0 aromatic heterocycles. The van der Waals surface area contributed by atoms with Crippen molar-refractivity contribution in [2.75, 3.05) is 53.2 Å². The lowest BCUT2D eigenvalue weighted by molar-refractivity contribution is 0.162. The summed E-state index contributed by atoms with van der Waals surface area (Å²) in [6.45, 7) is 2.26. The molecule has 0 heterocycles. The van der Waals surface area contributed by atoms with E-state index in [4.69, 9.17) is 15.2 Å². The molecule has 0 amide bonds. The molecule has 0 radical (unpaired) electrons. The Bertz CT molecular complexity index is 548. The number of ether oxygens (including phenoxy) is 2. The van der Waals surface area contributed by atoms with Crippen LogP contribution in [0.25, 0.3) is 0 Å². The van der Waals surface area contributed by atoms with Crippen LogP contribution in [-0.4, -0.2) is 60.8 Å². The Morgan fingerprint density at radius 3 is 2.62 bits per heavy atom. The zero-order valence-corrected chi connectivity index (χ0v) is 13.4. The first-order valence-corrected chi connectivity index (χ1v) is 7.99. The van der Waals surface area contributed by atoms with E-state index in [9.17, 15) is 8.42 Å². The molecule has 21 heavy (non-hydrogen) atoms. The Morgan fingerprint density at radius 2 is 2.00 bits per heavy atom. The Kier molecular flexibility index (Phi) is 6.90. The molecule has 3 N–H and O–H groups in total. The minimum absolute atomic E-state index is 0.132. The molecule has 0 spiro atoms. The molecule has 7 nitrogen and oxygen atoms in total. The van der Waals surface area contributed by atoms with Gasteiger partial charge in [0.2, 0.25) is 10.0 Å². The second-order valence-electron chi connectivity index (χ2n) is 4.60. The van der Waals surface area contributed by atoms with Gasteiger partial charge in [-0.2, -0.15) is 0 Å². The molecule has 1 aromatic carbocycles. The van der Waals surface area contributed by atoms with Crippen LogP contribution in [0.15, 0.2) is 23.1 Å². The van der Waals surface area contributed by atoms with E-state index in [1.807, 2.05) is 11.9 Å². The number of rotatable bonds is 9. The number of anilines is 1. The van der Waals surface area contributed by atoms with Gasteiger partial charge in [-0.15, -0.1) is 0 Å². The highest BCUT2D eigenvalue weighted by Crippen LogP contribution is 2.24. The van der Waals surface area contributed by atoms with Crippen molar-refractivity contribution in [2.24, 2.45) is 0 Å². The molecule has 0 atom stereocenters. The van der Waals surface area contributed by atoms with E-state index in [0.29, 0.717) is 31.1 Å². The molecule has 1 aromatic rings. The number of benzene rings is 1. The van der Waals surface area contributed by atoms with E-state index in [-0.39, 0.29) is 4.90 Å². The number of nitrogens with zero attached hydrogens (tertiary/aromatic N) is 1. The van der Waals surface area contributed by atoms with E-state index in [2.05, 4.69) is 4.72 Å². The summed E-state index contributed by atoms with van der Waals surface area (Å²) < 4.78 is 36.8. The average Bonchev–Trinajstić information content (AvgIpc) is 2.45. The van der Waals surface area contributed by atoms with Crippen molar-refractivity contribution < 1.29 is 17.9 Å². The van der Waals surface area contributed by atoms with Crippen LogP contribution in [0.3, 0.4) is 0 Å². The first-order valence-electron chi connectivity index (χ1n) is 6.51. The Morgan fingerprint density at radius 1 is 1.29 bits per heavy atom. The highest BCUT2D eigenvalue weighted by Gasteiger charge is 2.15. The third-order valence-corrected chi connectivity index (χ3v) is 4.44. The van der Waals surface area contributed by atoms with Crippen molar-refractivity contribution in [3.05, 3.63) is 18.2 Å². The maximum atomic E-state index is 12.2. The number of nitrogens with two attached hydrogens (primary N) is 1. The van der Waals surface area contributed by atoms with Crippen LogP contribution < -0.4 is 15.2 Å². The van der Waals surface area contributed by atoms with Crippen molar-refractivity contribution in [1.82, 2.24) is 9.62 Å². The summed E-state index contributed by atoms with van der Waals surface area (Å²) in [5.41, 5.74) is 6.07. The minimum atomic E-state index is -3.57. The van der Waals surface area contributed by atoms with Crippen LogP contribution in [0, 0.1) is 0 Å². The molecule has 0 saturated carbocycles. The highest BCUT2D eigenvalue weighted by molar-refractivity contribution is 7.89. The topological polar surface area (TPSA) is 93.9 Å². The maximum Gasteiger partial charge on any atom is 0.240 e. The molecule has 0 saturated heterocycles. The van der Waals surface area contributed by atoms with E-state index < -0.39 is 10.0 Å². The first kappa shape index (κ1) is 17.7. The van der Waals surface area contributed by atoms with Gasteiger partial charge in [0.25, 0.3) is 0 Å². The second-order valence-corrected chi connectivity index (χ2v) is 6.36. The predicted molar refractivity (Wildman–Crippen MR) is 82.0 cm³/mol. The van der Waals surface area contributed by atoms with Gasteiger partial charge in [-0.25, -0.2) is 13.1 Å². The van der Waals surface area contributed by atoms with Gasteiger partial charge in [0, 0.05) is 32.8 Å². The fourth-order valence-corrected chi connectivity index (χ4v) is 2.71. The van der Waals surface area contributed by atoms with Crippen LogP contribution in [0.2, 0.25) is 0 Å². The third kappa shape index (κ3) is 5.50. The SMILES string of the molecule is COCCN(C)CCNS(=O)(=O)c1ccc(N)c(OC)c1. The van der Waals surface area contributed by atoms with Crippen molar-refractivity contribution in [1.29, 1.82) is 0 Å². The van der Waals surface area contributed by atoms with Crippen LogP contribution >= 0.6 is 0 Å². The summed E-state index contributed by atoms with van der Waals surface area (Å²) in [7, 11) is 1.41. The lowest BCUT2D eigenvalue weighted by atomic mass is 10.3. The van der Waals surface area contributed by atoms with E-state index in [1.165, 1.54) is 25.3 Å². The van der Waals surface area contributed by atoms with Crippen molar-refractivity contribution >= 4 is 15.7 Å². The van der Waals surface area contributed by atoms with Crippen LogP contribution in [0.4, 0.5) is 5.69 Å². The molecule has 0 aliphatic heterocycles. The average molecular weight is 317 g/mol. The van der Waals surface area contributed by atoms with Gasteiger partial charge in [0.15, 0.2) is 0 Å². The van der Waals surface area contributed by atoms with Crippen LogP contribution in [0.5, 0.6) is 5.75 Å². The number of nitrogens with one attached hydrogen (secondary N) is 1. The number of hydrogen-bond acceptors (Lipinski definition) is 6. The predicted octanol–water partition coefficient (Wildman–Crippen LogP) is 0.134. The maximum absolute atomic E-state index is 12.2. The molecule has 0 aliphatic carbocycles. The summed E-state index contributed by atoms with van der Waals surface area (Å²) in [6, 6.07) is 4.37. The Hall–Kier alpha value is -1.35. The molecule has 0 unspecified atom stereocenters. The smallest absolute Gasteiger partial charge is 0.240 e. The fourth-order valence-electron chi connectivity index (χ4n) is 1.67. The van der Waals surface area contributed by atoms with Gasteiger partial charge in [0.05, 0.1) is 24.3 Å². The van der Waals surface area contributed by atoms with Gasteiger partial charge >= 0.3 is 0 Å². The Labute approximate surface area is 126 Å². The van der Waals surface area contributed by atoms with Gasteiger partial charge in [-0.1, -0.05) is 0 Å². The van der Waals surface area contributed by atoms with E-state index in [0.717, 1.165) is 6.54 Å². The molecule has 120 valence electrons. The number of methoxy groups -OCH3 is 2. The lowest BCUT2D eigenvalue weighted by Crippen LogP contribution is -2.34. The summed E-state index contributed by atoms with van der Waals surface area (Å²) >= 11 is 0. The number of nitrogen functional groups attached to an aromatic ring is 1. The normalized spacial score (nSPS) is 11.8. The molecule has 0 aliphatic rings. The third-order valence-electron chi connectivity index (χ3n) is 2.98. The lowest BCUT2D eigenvalue weighted by Gasteiger charge is -2.16. The molecule has 1 rings (SSSR count). The van der Waals surface area contributed by atoms with E-state index >= 15 is 0 Å². The monoisotopic (exact) mass is 317 g/mol. The number of hydrogen-bond donors (Lipinski definition) is 2. The summed E-state index contributed by atoms with van der Waals surface area (Å²) in [4.78, 5) is 2.11. The second kappa shape index (κ2) is 8.18. The summed E-state index contributed by atoms with van der Waals surface area (Å²) in [5.74, 6) is 0.343. The van der Waals surface area contributed by atoms with Gasteiger partial charge in [0.1, 0.15) is 5.75 Å². The number of likely N-dealkylation sites (N-methyl/N-ethyl adjacent to an activating group) is 1. The molecular formula is C13H23N3O4S. The van der Waals surface area contributed by atoms with E-state index in [1.54, 1.807) is 7.11 Å². The largest absolute Gasteiger partial charge is 0.495 e. The number of sulfonamides is 1. The van der Waals surface area contributed by atoms with Crippen LogP contribution in [0.1, 0.15) is 0 Å². The molecule has 0 fully saturated rings. The summed E-state index contributed by atoms with van der Waals surface area (Å²) in [6.07, 6.45) is 0. The van der Waals surface area contributed by atoms with Crippen LogP contribution in [-0.2, 0) is 14.8 Å². The molecule has 8 heteroatoms. The highest BCUT2D eigenvalue weighted by atomic mass is 32.2. The van der Waals surface area contributed by atoms with Crippen molar-refractivity contribution in [3.8, 4) is 5.75 Å². The zero-order chi connectivity index (χ0) is 15.9. The van der Waals surface area contributed by atoms with Gasteiger partial charge in [-0.05, 0) is 19.2 Å². The molecule has 0 bridgehead atoms. The quantitative estimate of drug-likeness (QED) is 0.629. The molecular weight excluding hydrogens is 294 g/mol. The van der Waals surface area contributed by atoms with Crippen molar-refractivity contribution in [2.45, 2.75) is 4.90 Å². The van der Waals surface area contributed by atoms with Gasteiger partial charge in [-0.3, -0.25) is 0 Å². The minimum Gasteiger partial charge on any atom is -0.495 e.